The van der Waals surface area contributed by atoms with Crippen LogP contribution in [0.5, 0.6) is 5.75 Å². The van der Waals surface area contributed by atoms with Crippen molar-refractivity contribution in [1.29, 1.82) is 0 Å². The third-order valence-electron chi connectivity index (χ3n) is 10.1. The zero-order chi connectivity index (χ0) is 35.6. The predicted octanol–water partition coefficient (Wildman–Crippen LogP) is 3.23. The number of aromatic amines is 1. The van der Waals surface area contributed by atoms with Gasteiger partial charge in [0.2, 0.25) is 11.5 Å². The first-order valence-electron chi connectivity index (χ1n) is 17.9. The average Bonchev–Trinajstić information content (AvgIpc) is 3.15. The maximum atomic E-state index is 12.6. The fraction of sp³-hybridized carbons (Fsp3) is 0.462. The van der Waals surface area contributed by atoms with Crippen LogP contribution in [0, 0.1) is 0 Å². The van der Waals surface area contributed by atoms with Crippen LogP contribution in [0.1, 0.15) is 42.1 Å². The van der Waals surface area contributed by atoms with Crippen LogP contribution >= 0.6 is 0 Å². The Kier molecular flexibility index (Phi) is 12.3. The number of rotatable bonds is 15. The highest BCUT2D eigenvalue weighted by atomic mass is 16.5. The molecule has 2 aliphatic rings. The lowest BCUT2D eigenvalue weighted by Gasteiger charge is -2.48. The van der Waals surface area contributed by atoms with Gasteiger partial charge in [0.15, 0.2) is 0 Å². The number of benzene rings is 2. The Hall–Kier alpha value is -4.33. The summed E-state index contributed by atoms with van der Waals surface area (Å²) in [4.78, 5) is 37.8. The monoisotopic (exact) mass is 698 g/mol. The normalized spacial score (nSPS) is 16.8. The van der Waals surface area contributed by atoms with E-state index < -0.39 is 6.10 Å². The number of H-pyrrole nitrogens is 1. The minimum Gasteiger partial charge on any atom is -0.506 e. The van der Waals surface area contributed by atoms with Gasteiger partial charge in [0.05, 0.1) is 55.3 Å². The van der Waals surface area contributed by atoms with E-state index in [2.05, 4.69) is 55.4 Å². The molecule has 1 spiro atoms. The van der Waals surface area contributed by atoms with E-state index in [1.807, 2.05) is 18.5 Å². The first kappa shape index (κ1) is 36.5. The Morgan fingerprint density at radius 3 is 2.76 bits per heavy atom. The van der Waals surface area contributed by atoms with E-state index in [1.165, 1.54) is 28.9 Å². The van der Waals surface area contributed by atoms with E-state index >= 15 is 0 Å². The smallest absolute Gasteiger partial charge is 0.248 e. The largest absolute Gasteiger partial charge is 0.506 e. The van der Waals surface area contributed by atoms with Gasteiger partial charge in [-0.1, -0.05) is 30.3 Å². The van der Waals surface area contributed by atoms with Gasteiger partial charge in [0.1, 0.15) is 5.75 Å². The number of aromatic nitrogens is 2. The van der Waals surface area contributed by atoms with Crippen molar-refractivity contribution < 1.29 is 24.5 Å². The topological polar surface area (TPSA) is 143 Å². The highest BCUT2D eigenvalue weighted by Gasteiger charge is 2.39. The molecule has 2 fully saturated rings. The van der Waals surface area contributed by atoms with Gasteiger partial charge >= 0.3 is 0 Å². The van der Waals surface area contributed by atoms with Crippen molar-refractivity contribution in [2.24, 2.45) is 0 Å². The summed E-state index contributed by atoms with van der Waals surface area (Å²) in [5.41, 5.74) is 4.19. The Morgan fingerprint density at radius 2 is 1.94 bits per heavy atom. The Morgan fingerprint density at radius 1 is 1.10 bits per heavy atom. The van der Waals surface area contributed by atoms with Crippen LogP contribution in [-0.2, 0) is 27.2 Å². The van der Waals surface area contributed by atoms with E-state index in [0.29, 0.717) is 49.2 Å². The van der Waals surface area contributed by atoms with E-state index in [9.17, 15) is 19.8 Å². The van der Waals surface area contributed by atoms with Crippen molar-refractivity contribution >= 4 is 22.5 Å². The molecule has 0 unspecified atom stereocenters. The van der Waals surface area contributed by atoms with Gasteiger partial charge in [-0.2, -0.15) is 0 Å². The van der Waals surface area contributed by atoms with Crippen molar-refractivity contribution in [3.8, 4) is 5.75 Å². The number of amides is 1. The van der Waals surface area contributed by atoms with E-state index in [-0.39, 0.29) is 29.4 Å². The van der Waals surface area contributed by atoms with Gasteiger partial charge in [-0.15, -0.1) is 0 Å². The van der Waals surface area contributed by atoms with Crippen molar-refractivity contribution in [3.63, 3.8) is 0 Å². The Labute approximate surface area is 299 Å². The zero-order valence-electron chi connectivity index (χ0n) is 29.4. The molecule has 12 heteroatoms. The second kappa shape index (κ2) is 17.3. The summed E-state index contributed by atoms with van der Waals surface area (Å²) in [5, 5.41) is 24.6. The number of aliphatic hydroxyl groups excluding tert-OH is 1. The summed E-state index contributed by atoms with van der Waals surface area (Å²) in [6.45, 7) is 7.66. The second-order valence-electron chi connectivity index (χ2n) is 13.7. The number of pyridine rings is 2. The molecule has 12 nitrogen and oxygen atoms in total. The number of nitrogens with zero attached hydrogens (tertiary/aromatic N) is 4. The highest BCUT2D eigenvalue weighted by molar-refractivity contribution is 5.87. The van der Waals surface area contributed by atoms with Crippen molar-refractivity contribution in [3.05, 3.63) is 100 Å². The molecule has 4 heterocycles. The SMILES string of the molecule is CN(CCNC[C@H](O)c1ccc(O)c2[nH]c(=O)ccc12)C(=O)CCOCCc1cccc(CN2CCC3(CC2)CN(c2cccnc2)CCO3)c1. The molecule has 2 aromatic carbocycles. The minimum atomic E-state index is -0.853. The van der Waals surface area contributed by atoms with Crippen molar-refractivity contribution in [1.82, 2.24) is 25.1 Å². The molecular weight excluding hydrogens is 648 g/mol. The number of carbonyl (C=O) groups excluding carboxylic acids is 1. The summed E-state index contributed by atoms with van der Waals surface area (Å²) in [7, 11) is 1.76. The van der Waals surface area contributed by atoms with Crippen molar-refractivity contribution in [2.75, 3.05) is 77.6 Å². The van der Waals surface area contributed by atoms with Crippen LogP contribution in [0.25, 0.3) is 10.9 Å². The van der Waals surface area contributed by atoms with Gasteiger partial charge in [-0.05, 0) is 60.2 Å². The molecule has 2 aromatic heterocycles. The summed E-state index contributed by atoms with van der Waals surface area (Å²) < 4.78 is 12.2. The fourth-order valence-electron chi connectivity index (χ4n) is 7.08. The molecule has 4 aromatic rings. The van der Waals surface area contributed by atoms with E-state index in [1.54, 1.807) is 24.1 Å². The number of aromatic hydroxyl groups is 1. The minimum absolute atomic E-state index is 0.000417. The third kappa shape index (κ3) is 9.72. The van der Waals surface area contributed by atoms with E-state index in [0.717, 1.165) is 58.6 Å². The molecule has 4 N–H and O–H groups in total. The number of likely N-dealkylation sites (tertiary alicyclic amines) is 1. The number of phenolic OH excluding ortho intramolecular Hbond substituents is 1. The van der Waals surface area contributed by atoms with Crippen LogP contribution in [0.3, 0.4) is 0 Å². The van der Waals surface area contributed by atoms with Crippen molar-refractivity contribution in [2.45, 2.75) is 43.9 Å². The molecule has 2 saturated heterocycles. The van der Waals surface area contributed by atoms with Gasteiger partial charge in [-0.3, -0.25) is 19.5 Å². The van der Waals surface area contributed by atoms with Crippen LogP contribution in [-0.4, -0.2) is 114 Å². The molecule has 0 saturated carbocycles. The molecule has 272 valence electrons. The molecule has 1 atom stereocenters. The second-order valence-corrected chi connectivity index (χ2v) is 13.7. The number of hydrogen-bond donors (Lipinski definition) is 4. The molecule has 2 aliphatic heterocycles. The number of ether oxygens (including phenoxy) is 2. The van der Waals surface area contributed by atoms with Crippen LogP contribution < -0.4 is 15.8 Å². The average molecular weight is 699 g/mol. The molecule has 0 aliphatic carbocycles. The number of carbonyl (C=O) groups is 1. The molecular formula is C39H50N6O6. The number of fused-ring (bicyclic) bond motifs is 1. The number of likely N-dealkylation sites (N-methyl/N-ethyl adjacent to an activating group) is 1. The number of aliphatic hydroxyl groups is 1. The third-order valence-corrected chi connectivity index (χ3v) is 10.1. The maximum Gasteiger partial charge on any atom is 0.248 e. The van der Waals surface area contributed by atoms with Gasteiger partial charge in [0.25, 0.3) is 0 Å². The number of anilines is 1. The zero-order valence-corrected chi connectivity index (χ0v) is 29.4. The quantitative estimate of drug-likeness (QED) is 0.137. The standard InChI is InChI=1S/C39H50N6O6/c1-43(19-16-41-26-35(47)32-7-9-34(46)38-33(32)8-10-36(48)42-38)37(49)12-22-50-21-11-29-4-2-5-30(24-29)27-44-17-13-39(14-18-44)28-45(20-23-51-39)31-6-3-15-40-25-31/h2-10,15,24-25,35,41,46-47H,11-14,16-23,26-28H2,1H3,(H,42,48)/t35-/m0/s1. The van der Waals surface area contributed by atoms with Gasteiger partial charge in [-0.25, -0.2) is 0 Å². The summed E-state index contributed by atoms with van der Waals surface area (Å²) >= 11 is 0. The first-order valence-corrected chi connectivity index (χ1v) is 17.9. The van der Waals surface area contributed by atoms with Gasteiger partial charge < -0.3 is 39.8 Å². The lowest BCUT2D eigenvalue weighted by atomic mass is 9.89. The molecule has 6 rings (SSSR count). The number of nitrogens with one attached hydrogen (secondary N) is 2. The first-order chi connectivity index (χ1) is 24.8. The molecule has 0 bridgehead atoms. The maximum absolute atomic E-state index is 12.6. The number of phenols is 1. The van der Waals surface area contributed by atoms with Crippen LogP contribution in [0.15, 0.2) is 77.9 Å². The lowest BCUT2D eigenvalue weighted by molar-refractivity contribution is -0.131. The number of piperidine rings is 1. The summed E-state index contributed by atoms with van der Waals surface area (Å²) in [6.07, 6.45) is 6.04. The molecule has 51 heavy (non-hydrogen) atoms. The molecule has 1 amide bonds. The van der Waals surface area contributed by atoms with E-state index in [4.69, 9.17) is 9.47 Å². The fourth-order valence-corrected chi connectivity index (χ4v) is 7.08. The van der Waals surface area contributed by atoms with Crippen LogP contribution in [0.2, 0.25) is 0 Å². The predicted molar refractivity (Wildman–Crippen MR) is 197 cm³/mol. The lowest BCUT2D eigenvalue weighted by Crippen LogP contribution is -2.56. The number of morpholine rings is 1. The number of hydrogen-bond acceptors (Lipinski definition) is 10. The Balaban J connectivity index is 0.849. The summed E-state index contributed by atoms with van der Waals surface area (Å²) in [6, 6.07) is 18.9. The summed E-state index contributed by atoms with van der Waals surface area (Å²) in [5.74, 6) is -0.0492. The highest BCUT2D eigenvalue weighted by Crippen LogP contribution is 2.33. The van der Waals surface area contributed by atoms with Crippen LogP contribution in [0.4, 0.5) is 5.69 Å². The van der Waals surface area contributed by atoms with Gasteiger partial charge in [0, 0.05) is 77.1 Å². The Bertz CT molecular complexity index is 1790. The molecule has 0 radical (unpaired) electrons.